The first-order valence-corrected chi connectivity index (χ1v) is 10.1. The highest BCUT2D eigenvalue weighted by atomic mass is 14.3. The summed E-state index contributed by atoms with van der Waals surface area (Å²) >= 11 is 0. The molecule has 132 valence electrons. The smallest absolute Gasteiger partial charge is 0.00974 e. The van der Waals surface area contributed by atoms with Crippen LogP contribution >= 0.6 is 0 Å². The molecular weight excluding hydrogens is 288 g/mol. The van der Waals surface area contributed by atoms with Crippen LogP contribution in [-0.4, -0.2) is 0 Å². The quantitative estimate of drug-likeness (QED) is 0.367. The SMILES string of the molecule is CCCCCCCCCCCC(C)(C)c1cccc2ccccc12. The predicted molar refractivity (Wildman–Crippen MR) is 109 cm³/mol. The van der Waals surface area contributed by atoms with Gasteiger partial charge in [0.2, 0.25) is 0 Å². The molecule has 0 N–H and O–H groups in total. The summed E-state index contributed by atoms with van der Waals surface area (Å²) in [5.41, 5.74) is 1.78. The van der Waals surface area contributed by atoms with Gasteiger partial charge in [0.1, 0.15) is 0 Å². The van der Waals surface area contributed by atoms with Gasteiger partial charge >= 0.3 is 0 Å². The maximum atomic E-state index is 2.42. The molecule has 0 nitrogen and oxygen atoms in total. The second-order valence-corrected chi connectivity index (χ2v) is 7.99. The molecule has 0 aliphatic heterocycles. The summed E-state index contributed by atoms with van der Waals surface area (Å²) in [5.74, 6) is 0. The van der Waals surface area contributed by atoms with Crippen molar-refractivity contribution < 1.29 is 0 Å². The van der Waals surface area contributed by atoms with E-state index in [0.717, 1.165) is 0 Å². The average Bonchev–Trinajstić information content (AvgIpc) is 2.59. The Morgan fingerprint density at radius 2 is 1.25 bits per heavy atom. The molecule has 0 spiro atoms. The van der Waals surface area contributed by atoms with Crippen molar-refractivity contribution in [3.05, 3.63) is 48.0 Å². The third kappa shape index (κ3) is 5.65. The van der Waals surface area contributed by atoms with Crippen LogP contribution in [0.15, 0.2) is 42.5 Å². The van der Waals surface area contributed by atoms with Crippen molar-refractivity contribution in [1.82, 2.24) is 0 Å². The molecule has 0 saturated carbocycles. The number of hydrogen-bond acceptors (Lipinski definition) is 0. The number of benzene rings is 2. The number of rotatable bonds is 11. The van der Waals surface area contributed by atoms with E-state index in [1.54, 1.807) is 0 Å². The summed E-state index contributed by atoms with van der Waals surface area (Å²) in [6, 6.07) is 15.6. The lowest BCUT2D eigenvalue weighted by Gasteiger charge is -2.27. The van der Waals surface area contributed by atoms with E-state index >= 15 is 0 Å². The fourth-order valence-electron chi connectivity index (χ4n) is 3.83. The summed E-state index contributed by atoms with van der Waals surface area (Å²) in [7, 11) is 0. The minimum atomic E-state index is 0.266. The van der Waals surface area contributed by atoms with E-state index in [-0.39, 0.29) is 5.41 Å². The highest BCUT2D eigenvalue weighted by Gasteiger charge is 2.21. The Morgan fingerprint density at radius 3 is 1.96 bits per heavy atom. The fourth-order valence-corrected chi connectivity index (χ4v) is 3.83. The van der Waals surface area contributed by atoms with Gasteiger partial charge in [-0.3, -0.25) is 0 Å². The Hall–Kier alpha value is -1.30. The molecule has 0 aromatic heterocycles. The van der Waals surface area contributed by atoms with Gasteiger partial charge in [-0.2, -0.15) is 0 Å². The molecule has 0 atom stereocenters. The fraction of sp³-hybridized carbons (Fsp3) is 0.583. The van der Waals surface area contributed by atoms with Crippen LogP contribution in [0.3, 0.4) is 0 Å². The molecule has 2 rings (SSSR count). The Labute approximate surface area is 149 Å². The Morgan fingerprint density at radius 1 is 0.667 bits per heavy atom. The molecule has 0 fully saturated rings. The summed E-state index contributed by atoms with van der Waals surface area (Å²) < 4.78 is 0. The molecule has 0 bridgehead atoms. The minimum absolute atomic E-state index is 0.266. The zero-order valence-corrected chi connectivity index (χ0v) is 16.1. The summed E-state index contributed by atoms with van der Waals surface area (Å²) in [6.45, 7) is 7.12. The van der Waals surface area contributed by atoms with Crippen molar-refractivity contribution in [2.45, 2.75) is 90.4 Å². The molecule has 2 aromatic carbocycles. The zero-order valence-electron chi connectivity index (χ0n) is 16.1. The Balaban J connectivity index is 1.77. The van der Waals surface area contributed by atoms with Crippen molar-refractivity contribution in [3.63, 3.8) is 0 Å². The van der Waals surface area contributed by atoms with Crippen LogP contribution in [0.25, 0.3) is 10.8 Å². The van der Waals surface area contributed by atoms with Gasteiger partial charge in [0.05, 0.1) is 0 Å². The van der Waals surface area contributed by atoms with Gasteiger partial charge in [-0.1, -0.05) is 121 Å². The highest BCUT2D eigenvalue weighted by Crippen LogP contribution is 2.34. The lowest BCUT2D eigenvalue weighted by atomic mass is 9.78. The van der Waals surface area contributed by atoms with Crippen molar-refractivity contribution >= 4 is 10.8 Å². The van der Waals surface area contributed by atoms with E-state index in [1.165, 1.54) is 80.5 Å². The summed E-state index contributed by atoms with van der Waals surface area (Å²) in [4.78, 5) is 0. The van der Waals surface area contributed by atoms with Crippen LogP contribution < -0.4 is 0 Å². The number of unbranched alkanes of at least 4 members (excludes halogenated alkanes) is 8. The number of fused-ring (bicyclic) bond motifs is 1. The maximum absolute atomic E-state index is 2.42. The van der Waals surface area contributed by atoms with Gasteiger partial charge < -0.3 is 0 Å². The molecule has 0 heteroatoms. The number of hydrogen-bond donors (Lipinski definition) is 0. The van der Waals surface area contributed by atoms with Crippen LogP contribution in [0.2, 0.25) is 0 Å². The average molecular weight is 325 g/mol. The Kier molecular flexibility index (Phi) is 7.82. The molecule has 0 saturated heterocycles. The molecule has 0 unspecified atom stereocenters. The molecular formula is C24H36. The lowest BCUT2D eigenvalue weighted by Crippen LogP contribution is -2.17. The highest BCUT2D eigenvalue weighted by molar-refractivity contribution is 5.86. The minimum Gasteiger partial charge on any atom is -0.0654 e. The van der Waals surface area contributed by atoms with E-state index in [4.69, 9.17) is 0 Å². The van der Waals surface area contributed by atoms with E-state index in [0.29, 0.717) is 0 Å². The van der Waals surface area contributed by atoms with Crippen molar-refractivity contribution in [3.8, 4) is 0 Å². The van der Waals surface area contributed by atoms with E-state index in [2.05, 4.69) is 63.2 Å². The summed E-state index contributed by atoms with van der Waals surface area (Å²) in [6.07, 6.45) is 14.0. The third-order valence-electron chi connectivity index (χ3n) is 5.42. The van der Waals surface area contributed by atoms with E-state index in [9.17, 15) is 0 Å². The van der Waals surface area contributed by atoms with Crippen molar-refractivity contribution in [2.75, 3.05) is 0 Å². The second-order valence-electron chi connectivity index (χ2n) is 7.99. The van der Waals surface area contributed by atoms with Crippen molar-refractivity contribution in [2.24, 2.45) is 0 Å². The van der Waals surface area contributed by atoms with Crippen LogP contribution in [0.1, 0.15) is 90.5 Å². The predicted octanol–water partition coefficient (Wildman–Crippen LogP) is 8.04. The van der Waals surface area contributed by atoms with Crippen LogP contribution in [-0.2, 0) is 5.41 Å². The van der Waals surface area contributed by atoms with Gasteiger partial charge in [-0.15, -0.1) is 0 Å². The lowest BCUT2D eigenvalue weighted by molar-refractivity contribution is 0.444. The molecule has 0 aliphatic carbocycles. The monoisotopic (exact) mass is 324 g/mol. The van der Waals surface area contributed by atoms with Gasteiger partial charge in [0.25, 0.3) is 0 Å². The normalized spacial score (nSPS) is 12.0. The van der Waals surface area contributed by atoms with Gasteiger partial charge in [-0.05, 0) is 28.2 Å². The first-order chi connectivity index (χ1) is 11.6. The van der Waals surface area contributed by atoms with Crippen LogP contribution in [0.5, 0.6) is 0 Å². The van der Waals surface area contributed by atoms with Gasteiger partial charge in [0, 0.05) is 0 Å². The topological polar surface area (TPSA) is 0 Å². The van der Waals surface area contributed by atoms with E-state index < -0.39 is 0 Å². The molecule has 0 heterocycles. The van der Waals surface area contributed by atoms with E-state index in [1.807, 2.05) is 0 Å². The molecule has 0 amide bonds. The van der Waals surface area contributed by atoms with Crippen LogP contribution in [0.4, 0.5) is 0 Å². The molecule has 0 aliphatic rings. The standard InChI is InChI=1S/C24H36/c1-4-5-6-7-8-9-10-11-14-20-24(2,3)23-19-15-17-21-16-12-13-18-22(21)23/h12-13,15-19H,4-11,14,20H2,1-3H3. The Bertz CT molecular complexity index is 589. The first-order valence-electron chi connectivity index (χ1n) is 10.1. The van der Waals surface area contributed by atoms with Crippen molar-refractivity contribution in [1.29, 1.82) is 0 Å². The molecule has 24 heavy (non-hydrogen) atoms. The maximum Gasteiger partial charge on any atom is -0.00974 e. The zero-order chi connectivity index (χ0) is 17.3. The second kappa shape index (κ2) is 9.87. The first kappa shape index (κ1) is 19.0. The largest absolute Gasteiger partial charge is 0.0654 e. The molecule has 0 radical (unpaired) electrons. The summed E-state index contributed by atoms with van der Waals surface area (Å²) in [5, 5.41) is 2.80. The third-order valence-corrected chi connectivity index (χ3v) is 5.42. The van der Waals surface area contributed by atoms with Gasteiger partial charge in [0.15, 0.2) is 0 Å². The molecule has 2 aromatic rings. The van der Waals surface area contributed by atoms with Gasteiger partial charge in [-0.25, -0.2) is 0 Å². The van der Waals surface area contributed by atoms with Crippen LogP contribution in [0, 0.1) is 0 Å².